The number of nitrogens with zero attached hydrogens (tertiary/aromatic N) is 1. The minimum absolute atomic E-state index is 0.0353. The molecule has 2 heterocycles. The van der Waals surface area contributed by atoms with Gasteiger partial charge >= 0.3 is 0 Å². The van der Waals surface area contributed by atoms with Crippen LogP contribution in [0, 0.1) is 0 Å². The Balaban J connectivity index is 2.13. The highest BCUT2D eigenvalue weighted by molar-refractivity contribution is 5.82. The van der Waals surface area contributed by atoms with E-state index in [0.29, 0.717) is 11.9 Å². The van der Waals surface area contributed by atoms with Gasteiger partial charge in [-0.05, 0) is 32.7 Å². The average molecular weight is 168 g/mol. The van der Waals surface area contributed by atoms with Crippen molar-refractivity contribution in [2.24, 2.45) is 0 Å². The second-order valence-corrected chi connectivity index (χ2v) is 3.79. The largest absolute Gasteiger partial charge is 0.338 e. The van der Waals surface area contributed by atoms with E-state index in [1.54, 1.807) is 0 Å². The lowest BCUT2D eigenvalue weighted by Crippen LogP contribution is -2.42. The Morgan fingerprint density at radius 2 is 2.33 bits per heavy atom. The predicted octanol–water partition coefficient (Wildman–Crippen LogP) is 0.359. The van der Waals surface area contributed by atoms with Gasteiger partial charge in [0.25, 0.3) is 0 Å². The van der Waals surface area contributed by atoms with Gasteiger partial charge in [-0.2, -0.15) is 0 Å². The Labute approximate surface area is 73.1 Å². The van der Waals surface area contributed by atoms with Crippen molar-refractivity contribution in [1.82, 2.24) is 10.2 Å². The highest BCUT2D eigenvalue weighted by atomic mass is 16.2. The third kappa shape index (κ3) is 1.22. The molecular formula is C9H16N2O. The zero-order valence-corrected chi connectivity index (χ0v) is 7.55. The second-order valence-electron chi connectivity index (χ2n) is 3.79. The minimum atomic E-state index is 0.0353. The molecule has 0 saturated carbocycles. The van der Waals surface area contributed by atoms with Crippen LogP contribution >= 0.6 is 0 Å². The Morgan fingerprint density at radius 3 is 3.17 bits per heavy atom. The van der Waals surface area contributed by atoms with Crippen LogP contribution in [-0.4, -0.2) is 36.0 Å². The van der Waals surface area contributed by atoms with Crippen molar-refractivity contribution in [3.63, 3.8) is 0 Å². The highest BCUT2D eigenvalue weighted by Crippen LogP contribution is 2.22. The number of rotatable bonds is 0. The van der Waals surface area contributed by atoms with Gasteiger partial charge in [0.15, 0.2) is 0 Å². The summed E-state index contributed by atoms with van der Waals surface area (Å²) in [6.07, 6.45) is 3.54. The Bertz CT molecular complexity index is 193. The van der Waals surface area contributed by atoms with E-state index >= 15 is 0 Å². The molecule has 2 aliphatic rings. The summed E-state index contributed by atoms with van der Waals surface area (Å²) in [5, 5.41) is 3.23. The van der Waals surface area contributed by atoms with Crippen LogP contribution in [0.4, 0.5) is 0 Å². The van der Waals surface area contributed by atoms with Gasteiger partial charge in [0, 0.05) is 12.6 Å². The average Bonchev–Trinajstić information content (AvgIpc) is 2.46. The van der Waals surface area contributed by atoms with Crippen LogP contribution in [0.2, 0.25) is 0 Å². The van der Waals surface area contributed by atoms with Gasteiger partial charge in [-0.15, -0.1) is 0 Å². The number of hydrogen-bond acceptors (Lipinski definition) is 2. The summed E-state index contributed by atoms with van der Waals surface area (Å²) < 4.78 is 0. The molecule has 2 atom stereocenters. The van der Waals surface area contributed by atoms with Gasteiger partial charge in [0.05, 0.1) is 6.04 Å². The maximum absolute atomic E-state index is 11.7. The Hall–Kier alpha value is -0.570. The molecule has 0 radical (unpaired) electrons. The first kappa shape index (κ1) is 8.05. The molecule has 0 bridgehead atoms. The maximum atomic E-state index is 11.7. The topological polar surface area (TPSA) is 32.3 Å². The predicted molar refractivity (Wildman–Crippen MR) is 46.8 cm³/mol. The first-order chi connectivity index (χ1) is 5.79. The number of carbonyl (C=O) groups excluding carboxylic acids is 1. The first-order valence-electron chi connectivity index (χ1n) is 4.83. The zero-order valence-electron chi connectivity index (χ0n) is 7.55. The van der Waals surface area contributed by atoms with E-state index in [2.05, 4.69) is 10.2 Å². The van der Waals surface area contributed by atoms with Crippen LogP contribution in [0.15, 0.2) is 0 Å². The van der Waals surface area contributed by atoms with Crippen molar-refractivity contribution >= 4 is 5.91 Å². The number of fused-ring (bicyclic) bond motifs is 1. The fourth-order valence-corrected chi connectivity index (χ4v) is 2.23. The van der Waals surface area contributed by atoms with Gasteiger partial charge in [-0.25, -0.2) is 0 Å². The SMILES string of the molecule is CC1NCCC2CCCN2C1=O. The molecule has 2 aliphatic heterocycles. The fraction of sp³-hybridized carbons (Fsp3) is 0.889. The van der Waals surface area contributed by atoms with Crippen LogP contribution in [0.3, 0.4) is 0 Å². The summed E-state index contributed by atoms with van der Waals surface area (Å²) in [6.45, 7) is 3.94. The molecule has 3 heteroatoms. The van der Waals surface area contributed by atoms with E-state index in [4.69, 9.17) is 0 Å². The van der Waals surface area contributed by atoms with Crippen LogP contribution in [0.25, 0.3) is 0 Å². The van der Waals surface area contributed by atoms with Crippen LogP contribution in [0.5, 0.6) is 0 Å². The first-order valence-corrected chi connectivity index (χ1v) is 4.83. The molecule has 2 unspecified atom stereocenters. The smallest absolute Gasteiger partial charge is 0.239 e. The third-order valence-corrected chi connectivity index (χ3v) is 2.96. The van der Waals surface area contributed by atoms with Crippen LogP contribution < -0.4 is 5.32 Å². The van der Waals surface area contributed by atoms with Gasteiger partial charge in [-0.3, -0.25) is 4.79 Å². The lowest BCUT2D eigenvalue weighted by molar-refractivity contribution is -0.132. The highest BCUT2D eigenvalue weighted by Gasteiger charge is 2.33. The van der Waals surface area contributed by atoms with E-state index in [1.165, 1.54) is 12.8 Å². The van der Waals surface area contributed by atoms with Crippen molar-refractivity contribution in [2.75, 3.05) is 13.1 Å². The van der Waals surface area contributed by atoms with Crippen molar-refractivity contribution in [3.8, 4) is 0 Å². The number of carbonyl (C=O) groups is 1. The van der Waals surface area contributed by atoms with Crippen molar-refractivity contribution in [2.45, 2.75) is 38.3 Å². The third-order valence-electron chi connectivity index (χ3n) is 2.96. The van der Waals surface area contributed by atoms with E-state index in [0.717, 1.165) is 19.5 Å². The summed E-state index contributed by atoms with van der Waals surface area (Å²) in [4.78, 5) is 13.8. The van der Waals surface area contributed by atoms with E-state index in [1.807, 2.05) is 6.92 Å². The molecule has 2 saturated heterocycles. The molecule has 0 aromatic rings. The number of nitrogens with one attached hydrogen (secondary N) is 1. The molecule has 3 nitrogen and oxygen atoms in total. The monoisotopic (exact) mass is 168 g/mol. The molecule has 12 heavy (non-hydrogen) atoms. The fourth-order valence-electron chi connectivity index (χ4n) is 2.23. The molecule has 0 aliphatic carbocycles. The standard InChI is InChI=1S/C9H16N2O/c1-7-9(12)11-6-2-3-8(11)4-5-10-7/h7-8,10H,2-6H2,1H3. The molecule has 0 aromatic carbocycles. The van der Waals surface area contributed by atoms with Crippen LogP contribution in [-0.2, 0) is 4.79 Å². The van der Waals surface area contributed by atoms with E-state index in [9.17, 15) is 4.79 Å². The molecular weight excluding hydrogens is 152 g/mol. The van der Waals surface area contributed by atoms with E-state index in [-0.39, 0.29) is 6.04 Å². The lowest BCUT2D eigenvalue weighted by Gasteiger charge is -2.22. The summed E-state index contributed by atoms with van der Waals surface area (Å²) in [5.74, 6) is 0.301. The normalized spacial score (nSPS) is 36.4. The number of amides is 1. The molecule has 2 fully saturated rings. The molecule has 0 spiro atoms. The molecule has 2 rings (SSSR count). The van der Waals surface area contributed by atoms with Gasteiger partial charge < -0.3 is 10.2 Å². The summed E-state index contributed by atoms with van der Waals surface area (Å²) >= 11 is 0. The molecule has 68 valence electrons. The Kier molecular flexibility index (Phi) is 2.05. The zero-order chi connectivity index (χ0) is 8.55. The van der Waals surface area contributed by atoms with Crippen molar-refractivity contribution in [3.05, 3.63) is 0 Å². The van der Waals surface area contributed by atoms with Crippen molar-refractivity contribution in [1.29, 1.82) is 0 Å². The summed E-state index contributed by atoms with van der Waals surface area (Å²) in [6, 6.07) is 0.572. The lowest BCUT2D eigenvalue weighted by atomic mass is 10.1. The molecule has 0 aromatic heterocycles. The van der Waals surface area contributed by atoms with E-state index < -0.39 is 0 Å². The Morgan fingerprint density at radius 1 is 1.50 bits per heavy atom. The summed E-state index contributed by atoms with van der Waals surface area (Å²) in [5.41, 5.74) is 0. The quantitative estimate of drug-likeness (QED) is 0.566. The van der Waals surface area contributed by atoms with Gasteiger partial charge in [-0.1, -0.05) is 0 Å². The van der Waals surface area contributed by atoms with Crippen LogP contribution in [0.1, 0.15) is 26.2 Å². The van der Waals surface area contributed by atoms with Gasteiger partial charge in [0.1, 0.15) is 0 Å². The molecule has 1 N–H and O–H groups in total. The van der Waals surface area contributed by atoms with Crippen molar-refractivity contribution < 1.29 is 4.79 Å². The molecule has 1 amide bonds. The maximum Gasteiger partial charge on any atom is 0.239 e. The number of hydrogen-bond donors (Lipinski definition) is 1. The summed E-state index contributed by atoms with van der Waals surface area (Å²) in [7, 11) is 0. The minimum Gasteiger partial charge on any atom is -0.338 e. The second kappa shape index (κ2) is 3.05. The van der Waals surface area contributed by atoms with Gasteiger partial charge in [0.2, 0.25) is 5.91 Å².